The van der Waals surface area contributed by atoms with Crippen molar-refractivity contribution >= 4 is 5.97 Å². The third kappa shape index (κ3) is 2.71. The van der Waals surface area contributed by atoms with Gasteiger partial charge in [-0.15, -0.1) is 0 Å². The molecule has 1 saturated heterocycles. The summed E-state index contributed by atoms with van der Waals surface area (Å²) >= 11 is 0. The Balaban J connectivity index is 1.99. The standard InChI is InChI=1S/C19H20O5/c1-4-23-18(20)17-19(24-17,13-5-9-15(21-2)10-6-13)14-7-11-16(22-3)12-8-14/h5-12,17H,4H2,1-3H3. The summed E-state index contributed by atoms with van der Waals surface area (Å²) in [5.74, 6) is 1.14. The van der Waals surface area contributed by atoms with E-state index in [0.29, 0.717) is 6.61 Å². The van der Waals surface area contributed by atoms with E-state index in [0.717, 1.165) is 22.6 Å². The number of ether oxygens (including phenoxy) is 4. The van der Waals surface area contributed by atoms with Crippen LogP contribution in [0.3, 0.4) is 0 Å². The van der Waals surface area contributed by atoms with Crippen LogP contribution in [0.25, 0.3) is 0 Å². The molecule has 0 aromatic heterocycles. The summed E-state index contributed by atoms with van der Waals surface area (Å²) in [6.07, 6.45) is -0.653. The van der Waals surface area contributed by atoms with Gasteiger partial charge in [0.15, 0.2) is 11.7 Å². The number of benzene rings is 2. The van der Waals surface area contributed by atoms with Crippen molar-refractivity contribution < 1.29 is 23.7 Å². The van der Waals surface area contributed by atoms with Gasteiger partial charge in [0.05, 0.1) is 20.8 Å². The molecule has 126 valence electrons. The molecule has 0 aliphatic carbocycles. The van der Waals surface area contributed by atoms with Crippen molar-refractivity contribution in [3.8, 4) is 11.5 Å². The minimum atomic E-state index is -0.829. The molecule has 0 bridgehead atoms. The van der Waals surface area contributed by atoms with Crippen LogP contribution in [0.15, 0.2) is 48.5 Å². The molecule has 24 heavy (non-hydrogen) atoms. The number of rotatable bonds is 6. The molecular weight excluding hydrogens is 308 g/mol. The second-order valence-corrected chi connectivity index (χ2v) is 5.44. The van der Waals surface area contributed by atoms with E-state index >= 15 is 0 Å². The van der Waals surface area contributed by atoms with Crippen LogP contribution in [0.4, 0.5) is 0 Å². The van der Waals surface area contributed by atoms with E-state index in [2.05, 4.69) is 0 Å². The monoisotopic (exact) mass is 328 g/mol. The van der Waals surface area contributed by atoms with Gasteiger partial charge < -0.3 is 18.9 Å². The smallest absolute Gasteiger partial charge is 0.339 e. The zero-order chi connectivity index (χ0) is 17.2. The van der Waals surface area contributed by atoms with Gasteiger partial charge >= 0.3 is 5.97 Å². The van der Waals surface area contributed by atoms with E-state index in [1.807, 2.05) is 48.5 Å². The number of hydrogen-bond donors (Lipinski definition) is 0. The minimum absolute atomic E-state index is 0.319. The molecule has 0 amide bonds. The maximum Gasteiger partial charge on any atom is 0.339 e. The van der Waals surface area contributed by atoms with E-state index < -0.39 is 11.7 Å². The van der Waals surface area contributed by atoms with Crippen LogP contribution in [0.2, 0.25) is 0 Å². The van der Waals surface area contributed by atoms with Crippen LogP contribution < -0.4 is 9.47 Å². The number of methoxy groups -OCH3 is 2. The van der Waals surface area contributed by atoms with E-state index in [4.69, 9.17) is 18.9 Å². The maximum atomic E-state index is 12.2. The van der Waals surface area contributed by atoms with Gasteiger partial charge in [-0.1, -0.05) is 24.3 Å². The molecule has 0 N–H and O–H groups in total. The number of carbonyl (C=O) groups is 1. The highest BCUT2D eigenvalue weighted by atomic mass is 16.7. The van der Waals surface area contributed by atoms with Crippen molar-refractivity contribution in [1.29, 1.82) is 0 Å². The van der Waals surface area contributed by atoms with Gasteiger partial charge in [0.2, 0.25) is 0 Å². The molecule has 1 heterocycles. The van der Waals surface area contributed by atoms with Crippen molar-refractivity contribution in [2.24, 2.45) is 0 Å². The molecule has 2 aromatic carbocycles. The third-order valence-electron chi connectivity index (χ3n) is 4.15. The Kier molecular flexibility index (Phi) is 4.44. The molecule has 3 rings (SSSR count). The van der Waals surface area contributed by atoms with E-state index in [1.165, 1.54) is 0 Å². The lowest BCUT2D eigenvalue weighted by atomic mass is 9.87. The molecular formula is C19H20O5. The molecule has 2 aromatic rings. The number of hydrogen-bond acceptors (Lipinski definition) is 5. The van der Waals surface area contributed by atoms with Gasteiger partial charge in [0.1, 0.15) is 11.5 Å². The van der Waals surface area contributed by atoms with Gasteiger partial charge in [-0.2, -0.15) is 0 Å². The predicted octanol–water partition coefficient (Wildman–Crippen LogP) is 2.91. The Bertz CT molecular complexity index is 658. The number of esters is 1. The van der Waals surface area contributed by atoms with E-state index in [-0.39, 0.29) is 5.97 Å². The molecule has 5 heteroatoms. The lowest BCUT2D eigenvalue weighted by Crippen LogP contribution is -2.22. The van der Waals surface area contributed by atoms with Crippen LogP contribution in [0, 0.1) is 0 Å². The highest BCUT2D eigenvalue weighted by Gasteiger charge is 2.64. The first-order valence-electron chi connectivity index (χ1n) is 7.79. The van der Waals surface area contributed by atoms with Crippen molar-refractivity contribution in [2.45, 2.75) is 18.6 Å². The Morgan fingerprint density at radius 1 is 0.958 bits per heavy atom. The normalized spacial score (nSPS) is 17.9. The van der Waals surface area contributed by atoms with Gasteiger partial charge in [-0.3, -0.25) is 0 Å². The molecule has 1 unspecified atom stereocenters. The summed E-state index contributed by atoms with van der Waals surface area (Å²) in [5.41, 5.74) is 0.933. The largest absolute Gasteiger partial charge is 0.497 e. The van der Waals surface area contributed by atoms with Crippen LogP contribution in [-0.2, 0) is 19.9 Å². The van der Waals surface area contributed by atoms with Crippen molar-refractivity contribution in [2.75, 3.05) is 20.8 Å². The lowest BCUT2D eigenvalue weighted by Gasteiger charge is -2.15. The van der Waals surface area contributed by atoms with Crippen LogP contribution in [-0.4, -0.2) is 32.9 Å². The average molecular weight is 328 g/mol. The lowest BCUT2D eigenvalue weighted by molar-refractivity contribution is -0.144. The van der Waals surface area contributed by atoms with Gasteiger partial charge in [0.25, 0.3) is 0 Å². The molecule has 0 saturated carbocycles. The van der Waals surface area contributed by atoms with Crippen molar-refractivity contribution in [1.82, 2.24) is 0 Å². The Labute approximate surface area is 141 Å². The molecule has 0 radical (unpaired) electrons. The highest BCUT2D eigenvalue weighted by Crippen LogP contribution is 2.52. The first-order valence-corrected chi connectivity index (χ1v) is 7.79. The topological polar surface area (TPSA) is 57.3 Å². The molecule has 1 aliphatic rings. The Morgan fingerprint density at radius 3 is 1.79 bits per heavy atom. The fourth-order valence-electron chi connectivity index (χ4n) is 2.87. The SMILES string of the molecule is CCOC(=O)C1OC1(c1ccc(OC)cc1)c1ccc(OC)cc1. The fourth-order valence-corrected chi connectivity index (χ4v) is 2.87. The van der Waals surface area contributed by atoms with Crippen LogP contribution in [0.1, 0.15) is 18.1 Å². The first kappa shape index (κ1) is 16.3. The highest BCUT2D eigenvalue weighted by molar-refractivity contribution is 5.81. The summed E-state index contributed by atoms with van der Waals surface area (Å²) in [6.45, 7) is 2.10. The Morgan fingerprint density at radius 2 is 1.42 bits per heavy atom. The zero-order valence-corrected chi connectivity index (χ0v) is 13.9. The predicted molar refractivity (Wildman–Crippen MR) is 88.3 cm³/mol. The quantitative estimate of drug-likeness (QED) is 0.603. The summed E-state index contributed by atoms with van der Waals surface area (Å²) in [7, 11) is 3.23. The average Bonchev–Trinajstić information content (AvgIpc) is 3.39. The summed E-state index contributed by atoms with van der Waals surface area (Å²) in [4.78, 5) is 12.2. The third-order valence-corrected chi connectivity index (χ3v) is 4.15. The maximum absolute atomic E-state index is 12.2. The summed E-state index contributed by atoms with van der Waals surface area (Å²) in [6, 6.07) is 15.0. The minimum Gasteiger partial charge on any atom is -0.497 e. The second-order valence-electron chi connectivity index (χ2n) is 5.44. The summed E-state index contributed by atoms with van der Waals surface area (Å²) < 4.78 is 21.4. The van der Waals surface area contributed by atoms with E-state index in [1.54, 1.807) is 21.1 Å². The number of carbonyl (C=O) groups excluding carboxylic acids is 1. The molecule has 5 nitrogen and oxygen atoms in total. The van der Waals surface area contributed by atoms with Crippen LogP contribution >= 0.6 is 0 Å². The van der Waals surface area contributed by atoms with Gasteiger partial charge in [-0.25, -0.2) is 4.79 Å². The van der Waals surface area contributed by atoms with Gasteiger partial charge in [-0.05, 0) is 42.3 Å². The van der Waals surface area contributed by atoms with Crippen molar-refractivity contribution in [3.05, 3.63) is 59.7 Å². The molecule has 1 aliphatic heterocycles. The zero-order valence-electron chi connectivity index (χ0n) is 13.9. The molecule has 1 atom stereocenters. The molecule has 1 fully saturated rings. The van der Waals surface area contributed by atoms with Gasteiger partial charge in [0, 0.05) is 0 Å². The first-order chi connectivity index (χ1) is 11.7. The molecule has 0 spiro atoms. The van der Waals surface area contributed by atoms with E-state index in [9.17, 15) is 4.79 Å². The Hall–Kier alpha value is -2.53. The van der Waals surface area contributed by atoms with Crippen LogP contribution in [0.5, 0.6) is 11.5 Å². The van der Waals surface area contributed by atoms with Crippen molar-refractivity contribution in [3.63, 3.8) is 0 Å². The summed E-state index contributed by atoms with van der Waals surface area (Å²) in [5, 5.41) is 0. The fraction of sp³-hybridized carbons (Fsp3) is 0.316. The number of epoxide rings is 1. The second kappa shape index (κ2) is 6.53.